The number of para-hydroxylation sites is 1. The second-order valence-electron chi connectivity index (χ2n) is 4.79. The van der Waals surface area contributed by atoms with Gasteiger partial charge in [-0.15, -0.1) is 0 Å². The van der Waals surface area contributed by atoms with Gasteiger partial charge in [-0.3, -0.25) is 4.79 Å². The van der Waals surface area contributed by atoms with Crippen molar-refractivity contribution in [3.63, 3.8) is 0 Å². The number of amides is 1. The van der Waals surface area contributed by atoms with E-state index in [9.17, 15) is 18.0 Å². The molecule has 0 radical (unpaired) electrons. The van der Waals surface area contributed by atoms with Gasteiger partial charge < -0.3 is 16.4 Å². The van der Waals surface area contributed by atoms with E-state index in [4.69, 9.17) is 5.73 Å². The molecule has 2 aromatic carbocycles. The van der Waals surface area contributed by atoms with Crippen LogP contribution in [0.3, 0.4) is 0 Å². The van der Waals surface area contributed by atoms with Crippen LogP contribution in [0.4, 0.5) is 24.5 Å². The predicted molar refractivity (Wildman–Crippen MR) is 82.6 cm³/mol. The third-order valence-corrected chi connectivity index (χ3v) is 3.07. The van der Waals surface area contributed by atoms with Crippen LogP contribution in [-0.4, -0.2) is 19.0 Å². The summed E-state index contributed by atoms with van der Waals surface area (Å²) >= 11 is 0. The lowest BCUT2D eigenvalue weighted by atomic mass is 10.1. The topological polar surface area (TPSA) is 67.1 Å². The van der Waals surface area contributed by atoms with Crippen LogP contribution < -0.4 is 16.4 Å². The molecule has 0 atom stereocenters. The molecule has 2 rings (SSSR count). The molecule has 122 valence electrons. The molecule has 2 aromatic rings. The molecule has 7 heteroatoms. The van der Waals surface area contributed by atoms with Crippen LogP contribution >= 0.6 is 0 Å². The van der Waals surface area contributed by atoms with Crippen molar-refractivity contribution in [1.82, 2.24) is 5.32 Å². The Hall–Kier alpha value is -2.54. The Bertz CT molecular complexity index is 686. The molecular weight excluding hydrogens is 307 g/mol. The number of nitrogens with one attached hydrogen (secondary N) is 2. The molecule has 0 bridgehead atoms. The summed E-state index contributed by atoms with van der Waals surface area (Å²) in [5.41, 5.74) is 5.58. The summed E-state index contributed by atoms with van der Waals surface area (Å²) in [6, 6.07) is 11.4. The number of carbonyl (C=O) groups excluding carboxylic acids is 1. The summed E-state index contributed by atoms with van der Waals surface area (Å²) in [4.78, 5) is 12.1. The molecule has 0 spiro atoms. The molecule has 0 heterocycles. The second-order valence-corrected chi connectivity index (χ2v) is 4.79. The van der Waals surface area contributed by atoms with Crippen LogP contribution in [0.15, 0.2) is 48.5 Å². The molecule has 0 saturated carbocycles. The number of rotatable bonds is 5. The molecule has 0 aliphatic carbocycles. The van der Waals surface area contributed by atoms with Gasteiger partial charge in [-0.05, 0) is 30.3 Å². The molecule has 23 heavy (non-hydrogen) atoms. The van der Waals surface area contributed by atoms with E-state index < -0.39 is 11.7 Å². The number of hydrogen-bond acceptors (Lipinski definition) is 3. The monoisotopic (exact) mass is 323 g/mol. The van der Waals surface area contributed by atoms with Gasteiger partial charge in [0, 0.05) is 18.8 Å². The van der Waals surface area contributed by atoms with Gasteiger partial charge in [-0.2, -0.15) is 13.2 Å². The van der Waals surface area contributed by atoms with Crippen molar-refractivity contribution >= 4 is 17.3 Å². The lowest BCUT2D eigenvalue weighted by Crippen LogP contribution is -2.29. The minimum Gasteiger partial charge on any atom is -0.355 e. The highest BCUT2D eigenvalue weighted by atomic mass is 19.4. The SMILES string of the molecule is NCCNC(=O)c1ccccc1Nc1cccc(C(F)(F)F)c1. The van der Waals surface area contributed by atoms with E-state index in [1.807, 2.05) is 0 Å². The number of hydrogen-bond donors (Lipinski definition) is 3. The van der Waals surface area contributed by atoms with E-state index in [2.05, 4.69) is 10.6 Å². The molecule has 1 amide bonds. The maximum atomic E-state index is 12.7. The normalized spacial score (nSPS) is 11.1. The lowest BCUT2D eigenvalue weighted by Gasteiger charge is -2.13. The zero-order valence-electron chi connectivity index (χ0n) is 12.2. The third kappa shape index (κ3) is 4.46. The minimum atomic E-state index is -4.42. The van der Waals surface area contributed by atoms with E-state index in [-0.39, 0.29) is 11.6 Å². The van der Waals surface area contributed by atoms with Crippen molar-refractivity contribution in [1.29, 1.82) is 0 Å². The fourth-order valence-electron chi connectivity index (χ4n) is 2.00. The maximum Gasteiger partial charge on any atom is 0.416 e. The standard InChI is InChI=1S/C16H16F3N3O/c17-16(18,19)11-4-3-5-12(10-11)22-14-7-2-1-6-13(14)15(23)21-9-8-20/h1-7,10,22H,8-9,20H2,(H,21,23). The number of halogens is 3. The Morgan fingerprint density at radius 3 is 2.52 bits per heavy atom. The molecule has 4 nitrogen and oxygen atoms in total. The number of carbonyl (C=O) groups is 1. The van der Waals surface area contributed by atoms with Crippen molar-refractivity contribution in [2.45, 2.75) is 6.18 Å². The maximum absolute atomic E-state index is 12.7. The lowest BCUT2D eigenvalue weighted by molar-refractivity contribution is -0.137. The van der Waals surface area contributed by atoms with Crippen LogP contribution in [0.5, 0.6) is 0 Å². The van der Waals surface area contributed by atoms with Crippen LogP contribution in [-0.2, 0) is 6.18 Å². The highest BCUT2D eigenvalue weighted by Crippen LogP contribution is 2.31. The van der Waals surface area contributed by atoms with Crippen molar-refractivity contribution in [2.24, 2.45) is 5.73 Å². The van der Waals surface area contributed by atoms with E-state index in [0.29, 0.717) is 24.3 Å². The van der Waals surface area contributed by atoms with E-state index >= 15 is 0 Å². The molecule has 4 N–H and O–H groups in total. The molecule has 0 saturated heterocycles. The van der Waals surface area contributed by atoms with Gasteiger partial charge in [0.25, 0.3) is 5.91 Å². The Morgan fingerprint density at radius 1 is 1.09 bits per heavy atom. The van der Waals surface area contributed by atoms with Gasteiger partial charge in [0.1, 0.15) is 0 Å². The summed E-state index contributed by atoms with van der Waals surface area (Å²) in [5, 5.41) is 5.48. The average Bonchev–Trinajstić information content (AvgIpc) is 2.52. The largest absolute Gasteiger partial charge is 0.416 e. The fourth-order valence-corrected chi connectivity index (χ4v) is 2.00. The number of anilines is 2. The highest BCUT2D eigenvalue weighted by molar-refractivity contribution is 6.00. The predicted octanol–water partition coefficient (Wildman–Crippen LogP) is 3.14. The van der Waals surface area contributed by atoms with Crippen molar-refractivity contribution < 1.29 is 18.0 Å². The molecular formula is C16H16F3N3O. The summed E-state index contributed by atoms with van der Waals surface area (Å²) in [6.07, 6.45) is -4.42. The van der Waals surface area contributed by atoms with Gasteiger partial charge in [-0.25, -0.2) is 0 Å². The third-order valence-electron chi connectivity index (χ3n) is 3.07. The van der Waals surface area contributed by atoms with Crippen LogP contribution in [0.2, 0.25) is 0 Å². The van der Waals surface area contributed by atoms with Gasteiger partial charge in [-0.1, -0.05) is 18.2 Å². The van der Waals surface area contributed by atoms with Gasteiger partial charge in [0.2, 0.25) is 0 Å². The zero-order chi connectivity index (χ0) is 16.9. The van der Waals surface area contributed by atoms with Crippen LogP contribution in [0.1, 0.15) is 15.9 Å². The Labute approximate surface area is 131 Å². The van der Waals surface area contributed by atoms with Crippen LogP contribution in [0.25, 0.3) is 0 Å². The van der Waals surface area contributed by atoms with Crippen molar-refractivity contribution in [3.8, 4) is 0 Å². The summed E-state index contributed by atoms with van der Waals surface area (Å²) < 4.78 is 38.2. The number of alkyl halides is 3. The highest BCUT2D eigenvalue weighted by Gasteiger charge is 2.30. The average molecular weight is 323 g/mol. The van der Waals surface area contributed by atoms with Gasteiger partial charge >= 0.3 is 6.18 Å². The van der Waals surface area contributed by atoms with Crippen LogP contribution in [0, 0.1) is 0 Å². The summed E-state index contributed by atoms with van der Waals surface area (Å²) in [7, 11) is 0. The molecule has 0 unspecified atom stereocenters. The summed E-state index contributed by atoms with van der Waals surface area (Å²) in [5.74, 6) is -0.342. The van der Waals surface area contributed by atoms with E-state index in [1.165, 1.54) is 12.1 Å². The minimum absolute atomic E-state index is 0.249. The smallest absolute Gasteiger partial charge is 0.355 e. The Balaban J connectivity index is 2.25. The van der Waals surface area contributed by atoms with Gasteiger partial charge in [0.05, 0.1) is 16.8 Å². The first-order valence-corrected chi connectivity index (χ1v) is 6.93. The quantitative estimate of drug-likeness (QED) is 0.792. The molecule has 0 fully saturated rings. The zero-order valence-corrected chi connectivity index (χ0v) is 12.2. The first-order valence-electron chi connectivity index (χ1n) is 6.93. The fraction of sp³-hybridized carbons (Fsp3) is 0.188. The first kappa shape index (κ1) is 16.8. The number of benzene rings is 2. The number of nitrogens with two attached hydrogens (primary N) is 1. The second kappa shape index (κ2) is 7.15. The van der Waals surface area contributed by atoms with E-state index in [0.717, 1.165) is 12.1 Å². The Kier molecular flexibility index (Phi) is 5.23. The van der Waals surface area contributed by atoms with Crippen molar-refractivity contribution in [2.75, 3.05) is 18.4 Å². The molecule has 0 aliphatic heterocycles. The van der Waals surface area contributed by atoms with E-state index in [1.54, 1.807) is 24.3 Å². The van der Waals surface area contributed by atoms with Gasteiger partial charge in [0.15, 0.2) is 0 Å². The Morgan fingerprint density at radius 2 is 1.83 bits per heavy atom. The first-order chi connectivity index (χ1) is 10.9. The summed E-state index contributed by atoms with van der Waals surface area (Å²) in [6.45, 7) is 0.617. The molecule has 0 aromatic heterocycles. The molecule has 0 aliphatic rings. The van der Waals surface area contributed by atoms with Crippen molar-refractivity contribution in [3.05, 3.63) is 59.7 Å².